The standard InChI is InChI=1S/C3H3ClNS/c4-3-5-1-2-6-3/h1-2,5H. The molecule has 3 heteroatoms. The van der Waals surface area contributed by atoms with E-state index in [2.05, 4.69) is 5.32 Å². The van der Waals surface area contributed by atoms with Gasteiger partial charge in [-0.1, -0.05) is 23.4 Å². The third-order valence-corrected chi connectivity index (χ3v) is 1.41. The van der Waals surface area contributed by atoms with Gasteiger partial charge in [0.25, 0.3) is 0 Å². The van der Waals surface area contributed by atoms with Crippen molar-refractivity contribution in [3.05, 3.63) is 16.4 Å². The minimum absolute atomic E-state index is 0.731. The van der Waals surface area contributed by atoms with Crippen LogP contribution in [0.25, 0.3) is 0 Å². The second-order valence-electron chi connectivity index (χ2n) is 0.839. The maximum Gasteiger partial charge on any atom is 0.211 e. The van der Waals surface area contributed by atoms with Gasteiger partial charge in [-0.25, -0.2) is 0 Å². The molecular formula is C3H3ClNS. The smallest absolute Gasteiger partial charge is 0.211 e. The lowest BCUT2D eigenvalue weighted by atomic mass is 11.0. The molecule has 0 aromatic rings. The van der Waals surface area contributed by atoms with Crippen molar-refractivity contribution in [1.29, 1.82) is 0 Å². The summed E-state index contributed by atoms with van der Waals surface area (Å²) >= 11 is 6.91. The molecule has 1 N–H and O–H groups in total. The molecular weight excluding hydrogens is 118 g/mol. The van der Waals surface area contributed by atoms with Gasteiger partial charge < -0.3 is 5.32 Å². The van der Waals surface area contributed by atoms with Gasteiger partial charge in [0.15, 0.2) is 0 Å². The Morgan fingerprint density at radius 3 is 2.83 bits per heavy atom. The molecule has 1 aliphatic heterocycles. The number of hydrogen-bond acceptors (Lipinski definition) is 2. The second kappa shape index (κ2) is 1.76. The molecule has 1 radical (unpaired) electrons. The van der Waals surface area contributed by atoms with E-state index in [-0.39, 0.29) is 0 Å². The van der Waals surface area contributed by atoms with Crippen LogP contribution in [-0.4, -0.2) is 0 Å². The molecule has 1 heterocycles. The van der Waals surface area contributed by atoms with E-state index in [1.807, 2.05) is 5.41 Å². The molecule has 1 aliphatic rings. The number of halogens is 1. The van der Waals surface area contributed by atoms with Crippen molar-refractivity contribution in [3.8, 4) is 0 Å². The zero-order chi connectivity index (χ0) is 4.41. The van der Waals surface area contributed by atoms with E-state index in [0.717, 1.165) is 4.83 Å². The first-order valence-corrected chi connectivity index (χ1v) is 2.76. The summed E-state index contributed by atoms with van der Waals surface area (Å²) in [6.07, 6.45) is 1.80. The highest BCUT2D eigenvalue weighted by Crippen LogP contribution is 2.25. The second-order valence-corrected chi connectivity index (χ2v) is 2.36. The van der Waals surface area contributed by atoms with Crippen molar-refractivity contribution in [3.63, 3.8) is 0 Å². The lowest BCUT2D eigenvalue weighted by Gasteiger charge is -1.90. The molecule has 1 nitrogen and oxygen atoms in total. The van der Waals surface area contributed by atoms with Crippen LogP contribution >= 0.6 is 23.4 Å². The molecule has 0 atom stereocenters. The van der Waals surface area contributed by atoms with Crippen molar-refractivity contribution >= 4 is 23.4 Å². The lowest BCUT2D eigenvalue weighted by Crippen LogP contribution is -1.96. The summed E-state index contributed by atoms with van der Waals surface area (Å²) in [5.41, 5.74) is 0. The normalized spacial score (nSPS) is 21.5. The number of thioether (sulfide) groups is 1. The maximum absolute atomic E-state index is 5.42. The molecule has 0 spiro atoms. The molecule has 0 bridgehead atoms. The average Bonchev–Trinajstić information content (AvgIpc) is 1.86. The molecule has 0 saturated heterocycles. The van der Waals surface area contributed by atoms with Crippen LogP contribution in [0.1, 0.15) is 0 Å². The number of hydrogen-bond donors (Lipinski definition) is 1. The van der Waals surface area contributed by atoms with Gasteiger partial charge in [-0.3, -0.25) is 0 Å². The van der Waals surface area contributed by atoms with Gasteiger partial charge in [-0.15, -0.1) is 0 Å². The fraction of sp³-hybridized carbons (Fsp3) is 0. The number of rotatable bonds is 0. The fourth-order valence-electron chi connectivity index (χ4n) is 0.227. The molecule has 0 aromatic heterocycles. The van der Waals surface area contributed by atoms with Gasteiger partial charge in [0, 0.05) is 6.20 Å². The van der Waals surface area contributed by atoms with Crippen LogP contribution in [-0.2, 0) is 0 Å². The first-order chi connectivity index (χ1) is 2.89. The zero-order valence-corrected chi connectivity index (χ0v) is 4.51. The maximum atomic E-state index is 5.42. The predicted molar refractivity (Wildman–Crippen MR) is 29.0 cm³/mol. The highest BCUT2D eigenvalue weighted by atomic mass is 35.5. The minimum Gasteiger partial charge on any atom is -0.360 e. The van der Waals surface area contributed by atoms with Crippen molar-refractivity contribution in [2.24, 2.45) is 0 Å². The summed E-state index contributed by atoms with van der Waals surface area (Å²) in [4.78, 5) is 0.731. The topological polar surface area (TPSA) is 12.0 Å². The van der Waals surface area contributed by atoms with E-state index in [9.17, 15) is 0 Å². The Morgan fingerprint density at radius 1 is 1.83 bits per heavy atom. The van der Waals surface area contributed by atoms with Crippen LogP contribution in [0.4, 0.5) is 0 Å². The quantitative estimate of drug-likeness (QED) is 0.486. The monoisotopic (exact) mass is 120 g/mol. The van der Waals surface area contributed by atoms with E-state index in [1.165, 1.54) is 11.8 Å². The highest BCUT2D eigenvalue weighted by Gasteiger charge is 2.03. The van der Waals surface area contributed by atoms with Gasteiger partial charge in [0.05, 0.1) is 0 Å². The van der Waals surface area contributed by atoms with Crippen LogP contribution in [0.2, 0.25) is 0 Å². The third kappa shape index (κ3) is 0.820. The van der Waals surface area contributed by atoms with E-state index >= 15 is 0 Å². The fourth-order valence-corrected chi connectivity index (χ4v) is 0.836. The Kier molecular flexibility index (Phi) is 1.27. The van der Waals surface area contributed by atoms with Crippen molar-refractivity contribution < 1.29 is 0 Å². The van der Waals surface area contributed by atoms with Crippen molar-refractivity contribution in [2.45, 2.75) is 0 Å². The van der Waals surface area contributed by atoms with Crippen LogP contribution in [0.5, 0.6) is 0 Å². The predicted octanol–water partition coefficient (Wildman–Crippen LogP) is 1.48. The van der Waals surface area contributed by atoms with Gasteiger partial charge in [0.1, 0.15) is 0 Å². The molecule has 0 aromatic carbocycles. The summed E-state index contributed by atoms with van der Waals surface area (Å²) in [7, 11) is 0. The molecule has 6 heavy (non-hydrogen) atoms. The third-order valence-electron chi connectivity index (χ3n) is 0.436. The van der Waals surface area contributed by atoms with Gasteiger partial charge >= 0.3 is 0 Å². The summed E-state index contributed by atoms with van der Waals surface area (Å²) < 4.78 is 0. The zero-order valence-electron chi connectivity index (χ0n) is 2.94. The van der Waals surface area contributed by atoms with E-state index in [0.29, 0.717) is 0 Å². The number of nitrogens with one attached hydrogen (secondary N) is 1. The lowest BCUT2D eigenvalue weighted by molar-refractivity contribution is 1.15. The average molecular weight is 121 g/mol. The first kappa shape index (κ1) is 4.34. The van der Waals surface area contributed by atoms with Gasteiger partial charge in [-0.2, -0.15) is 0 Å². The molecule has 0 saturated carbocycles. The molecule has 0 fully saturated rings. The Balaban J connectivity index is 2.32. The first-order valence-electron chi connectivity index (χ1n) is 1.50. The van der Waals surface area contributed by atoms with Gasteiger partial charge in [0.2, 0.25) is 4.83 Å². The summed E-state index contributed by atoms with van der Waals surface area (Å²) in [5.74, 6) is 0. The summed E-state index contributed by atoms with van der Waals surface area (Å²) in [6, 6.07) is 0. The summed E-state index contributed by atoms with van der Waals surface area (Å²) in [5, 5.41) is 4.68. The van der Waals surface area contributed by atoms with Crippen LogP contribution < -0.4 is 5.32 Å². The minimum atomic E-state index is 0.731. The van der Waals surface area contributed by atoms with E-state index in [4.69, 9.17) is 11.6 Å². The molecule has 0 amide bonds. The molecule has 0 aliphatic carbocycles. The summed E-state index contributed by atoms with van der Waals surface area (Å²) in [6.45, 7) is 0. The van der Waals surface area contributed by atoms with Crippen molar-refractivity contribution in [1.82, 2.24) is 5.32 Å². The highest BCUT2D eigenvalue weighted by molar-refractivity contribution is 8.06. The molecule has 1 rings (SSSR count). The Morgan fingerprint density at radius 2 is 2.67 bits per heavy atom. The van der Waals surface area contributed by atoms with Crippen LogP contribution in [0.15, 0.2) is 11.6 Å². The Labute approximate surface area is 45.7 Å². The molecule has 33 valence electrons. The largest absolute Gasteiger partial charge is 0.360 e. The van der Waals surface area contributed by atoms with E-state index < -0.39 is 0 Å². The van der Waals surface area contributed by atoms with E-state index in [1.54, 1.807) is 6.20 Å². The Bertz CT molecular complexity index is 65.2. The van der Waals surface area contributed by atoms with Crippen LogP contribution in [0, 0.1) is 4.83 Å². The molecule has 0 unspecified atom stereocenters. The SMILES string of the molecule is Cl[C]1NC=CS1. The van der Waals surface area contributed by atoms with Crippen molar-refractivity contribution in [2.75, 3.05) is 0 Å². The van der Waals surface area contributed by atoms with Crippen LogP contribution in [0.3, 0.4) is 0 Å². The Hall–Kier alpha value is 0.180. The van der Waals surface area contributed by atoms with Gasteiger partial charge in [-0.05, 0) is 5.41 Å².